The highest BCUT2D eigenvalue weighted by Crippen LogP contribution is 2.37. The molecule has 0 spiro atoms. The van der Waals surface area contributed by atoms with Gasteiger partial charge in [-0.15, -0.1) is 0 Å². The molecule has 8 aliphatic rings. The summed E-state index contributed by atoms with van der Waals surface area (Å²) in [5, 5.41) is 18.4. The summed E-state index contributed by atoms with van der Waals surface area (Å²) in [6.07, 6.45) is 10.6. The van der Waals surface area contributed by atoms with Crippen LogP contribution in [0.1, 0.15) is 85.0 Å². The molecule has 2 amide bonds. The molecule has 2 bridgehead atoms. The highest BCUT2D eigenvalue weighted by atomic mass is 16.2. The van der Waals surface area contributed by atoms with Crippen molar-refractivity contribution in [3.8, 4) is 17.9 Å². The quantitative estimate of drug-likeness (QED) is 0.191. The monoisotopic (exact) mass is 1060 g/mol. The number of imidazole rings is 1. The van der Waals surface area contributed by atoms with Crippen LogP contribution in [-0.2, 0) is 24.4 Å². The summed E-state index contributed by atoms with van der Waals surface area (Å²) in [5.41, 5.74) is 12.9. The van der Waals surface area contributed by atoms with Gasteiger partial charge >= 0.3 is 0 Å². The molecule has 2 aromatic heterocycles. The lowest BCUT2D eigenvalue weighted by Crippen LogP contribution is -2.55. The molecule has 0 radical (unpaired) electrons. The third kappa shape index (κ3) is 10.6. The molecule has 2 saturated heterocycles. The number of benzene rings is 2. The minimum absolute atomic E-state index is 0.00104. The molecule has 9 heterocycles. The Balaban J connectivity index is 0.786. The number of likely N-dealkylation sites (tertiary alicyclic amines) is 1. The molecular weight excluding hydrogens is 995 g/mol. The maximum absolute atomic E-state index is 15.0. The van der Waals surface area contributed by atoms with Crippen molar-refractivity contribution in [2.45, 2.75) is 96.6 Å². The molecule has 21 heteroatoms. The van der Waals surface area contributed by atoms with Gasteiger partial charge in [0.1, 0.15) is 24.9 Å². The lowest BCUT2D eigenvalue weighted by molar-refractivity contribution is -0.127. The van der Waals surface area contributed by atoms with Crippen molar-refractivity contribution in [1.82, 2.24) is 54.7 Å². The Morgan fingerprint density at radius 3 is 2.58 bits per heavy atom. The van der Waals surface area contributed by atoms with Gasteiger partial charge in [-0.25, -0.2) is 24.9 Å². The molecule has 0 saturated carbocycles. The lowest BCUT2D eigenvalue weighted by Gasteiger charge is -2.39. The van der Waals surface area contributed by atoms with E-state index < -0.39 is 0 Å². The molecule has 4 N–H and O–H groups in total. The molecule has 21 nitrogen and oxygen atoms in total. The van der Waals surface area contributed by atoms with E-state index in [1.54, 1.807) is 9.80 Å². The number of aromatic nitrogens is 4. The maximum atomic E-state index is 15.0. The standard InChI is InChI=1S/C58H67N19O2/c1-38-30-76-53-52(54(79)77(58(76)64-38)35-50-66-40(3)47-20-8-9-21-48(47)68-50)74(57(69-53)70-24-12-17-44(60)32-70)26-11-10-22-61-46-19-13-25-71(33-46)55-63-37-72-27-23-62-56(72)75(34-49-65-39(2)41-14-6-7-18-45(28-41)67-49)51(78)36-73(55)31-43-16-5-4-15-42(43)29-59/h4-5,8-9,14-16,18,20-21,38,44,46,61H,2,6-7,12-13,17,19,22-28,30-37,60H2,1,3H3,(H,65,67). The molecule has 1 aliphatic carbocycles. The molecule has 2 aromatic carbocycles. The Kier molecular flexibility index (Phi) is 14.4. The summed E-state index contributed by atoms with van der Waals surface area (Å²) in [6.45, 7) is 14.4. The number of nitrogens with two attached hydrogens (primary N) is 1. The number of amidine groups is 1. The topological polar surface area (TPSA) is 224 Å². The lowest BCUT2D eigenvalue weighted by atomic mass is 10.1. The number of guanidine groups is 3. The van der Waals surface area contributed by atoms with Crippen LogP contribution in [0.2, 0.25) is 0 Å². The Labute approximate surface area is 460 Å². The number of anilines is 2. The molecule has 12 rings (SSSR count). The maximum Gasteiger partial charge on any atom is 0.281 e. The Morgan fingerprint density at radius 2 is 1.70 bits per heavy atom. The number of hydrogen-bond donors (Lipinski definition) is 3. The van der Waals surface area contributed by atoms with Crippen molar-refractivity contribution in [2.24, 2.45) is 25.7 Å². The molecule has 79 heavy (non-hydrogen) atoms. The summed E-state index contributed by atoms with van der Waals surface area (Å²) in [7, 11) is 0. The van der Waals surface area contributed by atoms with Gasteiger partial charge in [-0.2, -0.15) is 10.2 Å². The third-order valence-electron chi connectivity index (χ3n) is 15.8. The van der Waals surface area contributed by atoms with Crippen molar-refractivity contribution in [2.75, 3.05) is 81.9 Å². The molecule has 7 aliphatic heterocycles. The van der Waals surface area contributed by atoms with Crippen LogP contribution < -0.4 is 26.2 Å². The van der Waals surface area contributed by atoms with Gasteiger partial charge in [0.25, 0.3) is 5.91 Å². The van der Waals surface area contributed by atoms with Gasteiger partial charge in [-0.1, -0.05) is 67.0 Å². The van der Waals surface area contributed by atoms with Crippen LogP contribution in [0.15, 0.2) is 104 Å². The van der Waals surface area contributed by atoms with Gasteiger partial charge in [-0.3, -0.25) is 33.8 Å². The van der Waals surface area contributed by atoms with Crippen molar-refractivity contribution < 1.29 is 9.59 Å². The number of aliphatic imine (C=N–C) groups is 4. The van der Waals surface area contributed by atoms with Crippen molar-refractivity contribution in [1.29, 1.82) is 5.26 Å². The number of para-hydroxylation sites is 1. The van der Waals surface area contributed by atoms with Gasteiger partial charge in [0.05, 0.1) is 61.6 Å². The van der Waals surface area contributed by atoms with E-state index in [9.17, 15) is 10.1 Å². The third-order valence-corrected chi connectivity index (χ3v) is 15.8. The van der Waals surface area contributed by atoms with E-state index in [1.807, 2.05) is 71.8 Å². The van der Waals surface area contributed by atoms with Crippen molar-refractivity contribution >= 4 is 58.2 Å². The fourth-order valence-electron chi connectivity index (χ4n) is 12.0. The summed E-state index contributed by atoms with van der Waals surface area (Å²) < 4.78 is 1.97. The number of fused-ring (bicyclic) bond motifs is 7. The highest BCUT2D eigenvalue weighted by Gasteiger charge is 2.45. The molecule has 4 aromatic rings. The number of nitrogens with one attached hydrogen (secondary N) is 2. The van der Waals surface area contributed by atoms with Gasteiger partial charge in [0, 0.05) is 81.1 Å². The van der Waals surface area contributed by atoms with E-state index in [2.05, 4.69) is 66.9 Å². The van der Waals surface area contributed by atoms with Crippen LogP contribution in [0.5, 0.6) is 0 Å². The van der Waals surface area contributed by atoms with Crippen LogP contribution in [0, 0.1) is 30.1 Å². The van der Waals surface area contributed by atoms with E-state index in [1.165, 1.54) is 0 Å². The van der Waals surface area contributed by atoms with Crippen molar-refractivity contribution in [3.05, 3.63) is 113 Å². The van der Waals surface area contributed by atoms with E-state index in [4.69, 9.17) is 40.7 Å². The molecular formula is C58H67N19O2. The fraction of sp³-hybridized carbons (Fsp3) is 0.448. The second kappa shape index (κ2) is 22.2. The Morgan fingerprint density at radius 1 is 0.861 bits per heavy atom. The minimum atomic E-state index is -0.220. The molecule has 406 valence electrons. The predicted molar refractivity (Wildman–Crippen MR) is 305 cm³/mol. The summed E-state index contributed by atoms with van der Waals surface area (Å²) >= 11 is 0. The fourth-order valence-corrected chi connectivity index (χ4v) is 12.0. The number of nitriles is 1. The first-order valence-corrected chi connectivity index (χ1v) is 27.8. The summed E-state index contributed by atoms with van der Waals surface area (Å²) in [5.74, 6) is 10.7. The minimum Gasteiger partial charge on any atom is -0.346 e. The van der Waals surface area contributed by atoms with Crippen LogP contribution in [-0.4, -0.2) is 170 Å². The van der Waals surface area contributed by atoms with Crippen LogP contribution in [0.3, 0.4) is 0 Å². The largest absolute Gasteiger partial charge is 0.346 e. The number of amides is 2. The zero-order valence-electron chi connectivity index (χ0n) is 45.1. The zero-order chi connectivity index (χ0) is 54.1. The number of allylic oxidation sites excluding steroid dienone is 4. The number of piperidine rings is 2. The van der Waals surface area contributed by atoms with Crippen LogP contribution in [0.25, 0.3) is 10.9 Å². The number of carbonyl (C=O) groups excluding carboxylic acids is 2. The van der Waals surface area contributed by atoms with E-state index in [0.29, 0.717) is 111 Å². The summed E-state index contributed by atoms with van der Waals surface area (Å²) in [4.78, 5) is 79.1. The predicted octanol–water partition coefficient (Wildman–Crippen LogP) is 4.05. The van der Waals surface area contributed by atoms with Gasteiger partial charge in [0.2, 0.25) is 23.8 Å². The average Bonchev–Trinajstić information content (AvgIpc) is 4.20. The SMILES string of the molecule is C=C1N=C(CN2C(=O)CN(Cc3ccccc3C#N)C(N3CCCC(NCC#CCn4c(N5CCCC(N)C5)nc5c4C(=O)N(Cc4nc(C)c6ccccc6n4)C4=NC(C)CN45)C3)=NCN3CCN=C32)NC2=CCCC=C1C2. The summed E-state index contributed by atoms with van der Waals surface area (Å²) in [6, 6.07) is 17.8. The molecule has 3 unspecified atom stereocenters. The van der Waals surface area contributed by atoms with Crippen LogP contribution in [0.4, 0.5) is 11.8 Å². The average molecular weight is 1060 g/mol. The second-order valence-corrected chi connectivity index (χ2v) is 21.6. The molecule has 3 atom stereocenters. The number of rotatable bonds is 10. The first-order chi connectivity index (χ1) is 38.5. The van der Waals surface area contributed by atoms with E-state index in [-0.39, 0.29) is 56.1 Å². The number of nitrogens with zero attached hydrogens (tertiary/aromatic N) is 16. The number of carbonyl (C=O) groups is 2. The first-order valence-electron chi connectivity index (χ1n) is 27.8. The molecule has 2 fully saturated rings. The zero-order valence-corrected chi connectivity index (χ0v) is 45.1. The number of hydrogen-bond acceptors (Lipinski definition) is 18. The second-order valence-electron chi connectivity index (χ2n) is 21.6. The van der Waals surface area contributed by atoms with E-state index >= 15 is 4.79 Å². The van der Waals surface area contributed by atoms with Gasteiger partial charge in [0.15, 0.2) is 17.5 Å². The first kappa shape index (κ1) is 51.4. The van der Waals surface area contributed by atoms with Gasteiger partial charge < -0.3 is 36.0 Å². The van der Waals surface area contributed by atoms with Crippen LogP contribution >= 0.6 is 0 Å². The highest BCUT2D eigenvalue weighted by molar-refractivity contribution is 6.18. The number of aryl methyl sites for hydroxylation is 1. The Hall–Kier alpha value is -8.40. The van der Waals surface area contributed by atoms with Crippen molar-refractivity contribution in [3.63, 3.8) is 0 Å². The van der Waals surface area contributed by atoms with E-state index in [0.717, 1.165) is 91.5 Å². The smallest absolute Gasteiger partial charge is 0.281 e. The van der Waals surface area contributed by atoms with Gasteiger partial charge in [-0.05, 0) is 75.6 Å². The normalized spacial score (nSPS) is 22.3. The Bertz CT molecular complexity index is 3410.